The zero-order valence-corrected chi connectivity index (χ0v) is 15.2. The number of hydrogen-bond acceptors (Lipinski definition) is 2. The van der Waals surface area contributed by atoms with Gasteiger partial charge in [-0.2, -0.15) is 0 Å². The quantitative estimate of drug-likeness (QED) is 0.764. The van der Waals surface area contributed by atoms with E-state index in [1.54, 1.807) is 0 Å². The minimum atomic E-state index is -0.132. The first kappa shape index (κ1) is 15.8. The van der Waals surface area contributed by atoms with Crippen molar-refractivity contribution in [1.82, 2.24) is 0 Å². The predicted molar refractivity (Wildman–Crippen MR) is 101 cm³/mol. The number of imide groups is 1. The zero-order chi connectivity index (χ0) is 18.0. The van der Waals surface area contributed by atoms with Crippen LogP contribution in [0, 0.1) is 37.5 Å². The van der Waals surface area contributed by atoms with Crippen LogP contribution in [0.1, 0.15) is 35.4 Å². The first-order valence-electron chi connectivity index (χ1n) is 9.56. The average molecular weight is 345 g/mol. The van der Waals surface area contributed by atoms with Gasteiger partial charge in [0, 0.05) is 0 Å². The van der Waals surface area contributed by atoms with E-state index in [0.29, 0.717) is 17.8 Å². The maximum atomic E-state index is 13.3. The summed E-state index contributed by atoms with van der Waals surface area (Å²) in [6, 6.07) is 16.5. The Balaban J connectivity index is 1.51. The van der Waals surface area contributed by atoms with Crippen LogP contribution in [0.4, 0.5) is 5.69 Å². The van der Waals surface area contributed by atoms with E-state index in [-0.39, 0.29) is 23.7 Å². The Labute approximate surface area is 154 Å². The van der Waals surface area contributed by atoms with E-state index in [1.807, 2.05) is 38.1 Å². The predicted octanol–water partition coefficient (Wildman–Crippen LogP) is 4.23. The number of hydrogen-bond donors (Lipinski definition) is 0. The second-order valence-corrected chi connectivity index (χ2v) is 8.27. The fourth-order valence-electron chi connectivity index (χ4n) is 5.84. The van der Waals surface area contributed by atoms with Gasteiger partial charge in [0.25, 0.3) is 0 Å². The van der Waals surface area contributed by atoms with Crippen molar-refractivity contribution in [3.05, 3.63) is 65.2 Å². The van der Waals surface area contributed by atoms with Gasteiger partial charge in [0.15, 0.2) is 0 Å². The number of aryl methyl sites for hydroxylation is 2. The normalized spacial score (nSPS) is 32.4. The molecular weight excluding hydrogens is 322 g/mol. The van der Waals surface area contributed by atoms with Crippen LogP contribution in [0.2, 0.25) is 0 Å². The number of benzene rings is 2. The van der Waals surface area contributed by atoms with E-state index in [0.717, 1.165) is 29.7 Å². The number of rotatable bonds is 2. The van der Waals surface area contributed by atoms with Gasteiger partial charge in [-0.3, -0.25) is 9.59 Å². The van der Waals surface area contributed by atoms with Gasteiger partial charge in [-0.1, -0.05) is 48.0 Å². The molecule has 3 nitrogen and oxygen atoms in total. The maximum Gasteiger partial charge on any atom is 0.238 e. The lowest BCUT2D eigenvalue weighted by molar-refractivity contribution is -0.123. The Morgan fingerprint density at radius 1 is 0.885 bits per heavy atom. The van der Waals surface area contributed by atoms with Gasteiger partial charge in [0.1, 0.15) is 0 Å². The Bertz CT molecular complexity index is 904. The highest BCUT2D eigenvalue weighted by Gasteiger charge is 2.64. The minimum absolute atomic E-state index is 0.0279. The summed E-state index contributed by atoms with van der Waals surface area (Å²) in [4.78, 5) is 28.0. The summed E-state index contributed by atoms with van der Waals surface area (Å²) in [5.74, 6) is 0.895. The van der Waals surface area contributed by atoms with E-state index >= 15 is 0 Å². The lowest BCUT2D eigenvalue weighted by Crippen LogP contribution is -2.33. The second kappa shape index (κ2) is 5.54. The molecule has 0 N–H and O–H groups in total. The fraction of sp³-hybridized carbons (Fsp3) is 0.391. The molecule has 1 saturated heterocycles. The van der Waals surface area contributed by atoms with E-state index in [2.05, 4.69) is 24.3 Å². The van der Waals surface area contributed by atoms with E-state index in [1.165, 1.54) is 10.5 Å². The van der Waals surface area contributed by atoms with Crippen molar-refractivity contribution in [2.45, 2.75) is 32.6 Å². The lowest BCUT2D eigenvalue weighted by Gasteiger charge is -2.28. The van der Waals surface area contributed by atoms with Gasteiger partial charge < -0.3 is 0 Å². The topological polar surface area (TPSA) is 37.4 Å². The number of carbonyl (C=O) groups excluding carboxylic acids is 2. The van der Waals surface area contributed by atoms with Crippen molar-refractivity contribution in [3.8, 4) is 0 Å². The molecule has 2 aromatic carbocycles. The van der Waals surface area contributed by atoms with Crippen molar-refractivity contribution in [2.24, 2.45) is 23.7 Å². The summed E-state index contributed by atoms with van der Waals surface area (Å²) in [6.45, 7) is 4.02. The van der Waals surface area contributed by atoms with Gasteiger partial charge in [-0.05, 0) is 61.6 Å². The SMILES string of the molecule is Cc1ccc(N2C(=O)C3C4CC(c5ccccc5)C(C4)C3C2=O)c(C)c1. The molecule has 2 aromatic rings. The molecule has 2 saturated carbocycles. The molecule has 1 heterocycles. The number of fused-ring (bicyclic) bond motifs is 5. The van der Waals surface area contributed by atoms with Crippen LogP contribution in [0.25, 0.3) is 0 Å². The highest BCUT2D eigenvalue weighted by Crippen LogP contribution is 2.61. The van der Waals surface area contributed by atoms with E-state index in [4.69, 9.17) is 0 Å². The molecule has 5 atom stereocenters. The van der Waals surface area contributed by atoms with Crippen LogP contribution in [0.15, 0.2) is 48.5 Å². The van der Waals surface area contributed by atoms with Gasteiger partial charge in [0.05, 0.1) is 17.5 Å². The first-order chi connectivity index (χ1) is 12.6. The molecule has 1 aliphatic heterocycles. The van der Waals surface area contributed by atoms with Crippen LogP contribution >= 0.6 is 0 Å². The third-order valence-corrected chi connectivity index (χ3v) is 6.84. The van der Waals surface area contributed by atoms with Gasteiger partial charge >= 0.3 is 0 Å². The summed E-state index contributed by atoms with van der Waals surface area (Å²) < 4.78 is 0. The number of amides is 2. The lowest BCUT2D eigenvalue weighted by atomic mass is 9.73. The van der Waals surface area contributed by atoms with Crippen LogP contribution in [0.3, 0.4) is 0 Å². The third-order valence-electron chi connectivity index (χ3n) is 6.84. The molecular formula is C23H23NO2. The fourth-order valence-corrected chi connectivity index (χ4v) is 5.84. The molecule has 0 radical (unpaired) electrons. The molecule has 3 heteroatoms. The monoisotopic (exact) mass is 345 g/mol. The maximum absolute atomic E-state index is 13.3. The van der Waals surface area contributed by atoms with Crippen molar-refractivity contribution in [3.63, 3.8) is 0 Å². The largest absolute Gasteiger partial charge is 0.274 e. The molecule has 132 valence electrons. The van der Waals surface area contributed by atoms with Crippen LogP contribution in [0.5, 0.6) is 0 Å². The third kappa shape index (κ3) is 2.06. The summed E-state index contributed by atoms with van der Waals surface area (Å²) in [6.07, 6.45) is 2.06. The molecule has 3 aliphatic rings. The molecule has 2 amide bonds. The second-order valence-electron chi connectivity index (χ2n) is 8.27. The summed E-state index contributed by atoms with van der Waals surface area (Å²) in [5.41, 5.74) is 4.24. The van der Waals surface area contributed by atoms with E-state index < -0.39 is 0 Å². The highest BCUT2D eigenvalue weighted by atomic mass is 16.2. The Kier molecular flexibility index (Phi) is 3.37. The molecule has 3 fully saturated rings. The van der Waals surface area contributed by atoms with E-state index in [9.17, 15) is 9.59 Å². The van der Waals surface area contributed by atoms with Crippen LogP contribution in [-0.4, -0.2) is 11.8 Å². The highest BCUT2D eigenvalue weighted by molar-refractivity contribution is 6.23. The molecule has 0 aromatic heterocycles. The average Bonchev–Trinajstić information content (AvgIpc) is 3.29. The van der Waals surface area contributed by atoms with Gasteiger partial charge in [-0.15, -0.1) is 0 Å². The first-order valence-corrected chi connectivity index (χ1v) is 9.56. The van der Waals surface area contributed by atoms with Crippen molar-refractivity contribution in [1.29, 1.82) is 0 Å². The van der Waals surface area contributed by atoms with Crippen LogP contribution < -0.4 is 4.90 Å². The Hall–Kier alpha value is -2.42. The number of carbonyl (C=O) groups is 2. The van der Waals surface area contributed by atoms with Crippen LogP contribution in [-0.2, 0) is 9.59 Å². The molecule has 5 unspecified atom stereocenters. The van der Waals surface area contributed by atoms with Gasteiger partial charge in [0.2, 0.25) is 11.8 Å². The molecule has 5 rings (SSSR count). The van der Waals surface area contributed by atoms with Crippen molar-refractivity contribution >= 4 is 17.5 Å². The molecule has 26 heavy (non-hydrogen) atoms. The Morgan fingerprint density at radius 2 is 1.62 bits per heavy atom. The smallest absolute Gasteiger partial charge is 0.238 e. The summed E-state index contributed by atoms with van der Waals surface area (Å²) in [5, 5.41) is 0. The molecule has 2 aliphatic carbocycles. The summed E-state index contributed by atoms with van der Waals surface area (Å²) in [7, 11) is 0. The number of nitrogens with zero attached hydrogens (tertiary/aromatic N) is 1. The minimum Gasteiger partial charge on any atom is -0.274 e. The zero-order valence-electron chi connectivity index (χ0n) is 15.2. The molecule has 2 bridgehead atoms. The van der Waals surface area contributed by atoms with Crippen molar-refractivity contribution < 1.29 is 9.59 Å². The molecule has 0 spiro atoms. The number of anilines is 1. The summed E-state index contributed by atoms with van der Waals surface area (Å²) >= 11 is 0. The standard InChI is InChI=1S/C23H23NO2/c1-13-8-9-19(14(2)10-13)24-22(25)20-16-11-17(15-6-4-3-5-7-15)18(12-16)21(20)23(24)26/h3-10,16-18,20-21H,11-12H2,1-2H3. The Morgan fingerprint density at radius 3 is 2.35 bits per heavy atom. The van der Waals surface area contributed by atoms with Gasteiger partial charge in [-0.25, -0.2) is 4.90 Å². The van der Waals surface area contributed by atoms with Crippen molar-refractivity contribution in [2.75, 3.05) is 4.90 Å².